The van der Waals surface area contributed by atoms with Crippen molar-refractivity contribution in [2.45, 2.75) is 11.8 Å². The Bertz CT molecular complexity index is 1270. The molecule has 158 valence electrons. The van der Waals surface area contributed by atoms with E-state index >= 15 is 0 Å². The number of amides is 1. The Labute approximate surface area is 178 Å². The molecule has 0 aliphatic heterocycles. The predicted molar refractivity (Wildman–Crippen MR) is 117 cm³/mol. The van der Waals surface area contributed by atoms with Crippen LogP contribution in [0.4, 0.5) is 16.5 Å². The molecule has 0 fully saturated rings. The summed E-state index contributed by atoms with van der Waals surface area (Å²) in [6, 6.07) is 10.3. The van der Waals surface area contributed by atoms with Crippen LogP contribution in [0.25, 0.3) is 0 Å². The normalized spacial score (nSPS) is 11.7. The van der Waals surface area contributed by atoms with Crippen molar-refractivity contribution in [2.24, 2.45) is 0 Å². The Morgan fingerprint density at radius 2 is 1.70 bits per heavy atom. The summed E-state index contributed by atoms with van der Waals surface area (Å²) in [5.74, 6) is -0.457. The molecule has 0 saturated carbocycles. The van der Waals surface area contributed by atoms with Gasteiger partial charge in [-0.05, 0) is 48.9 Å². The highest BCUT2D eigenvalue weighted by Gasteiger charge is 2.17. The molecule has 3 aromatic rings. The molecule has 1 amide bonds. The van der Waals surface area contributed by atoms with Crippen molar-refractivity contribution in [3.63, 3.8) is 0 Å². The lowest BCUT2D eigenvalue weighted by Crippen LogP contribution is -2.16. The molecule has 3 N–H and O–H groups in total. The molecule has 0 saturated heterocycles. The summed E-state index contributed by atoms with van der Waals surface area (Å²) < 4.78 is 52.4. The van der Waals surface area contributed by atoms with E-state index in [0.29, 0.717) is 16.9 Å². The fourth-order valence-electron chi connectivity index (χ4n) is 2.56. The number of rotatable bonds is 7. The van der Waals surface area contributed by atoms with E-state index in [9.17, 15) is 21.6 Å². The fourth-order valence-corrected chi connectivity index (χ4v) is 4.96. The number of carbonyl (C=O) groups excluding carboxylic acids is 1. The van der Waals surface area contributed by atoms with E-state index in [4.69, 9.17) is 0 Å². The van der Waals surface area contributed by atoms with E-state index in [1.807, 2.05) is 0 Å². The van der Waals surface area contributed by atoms with Gasteiger partial charge in [0.15, 0.2) is 5.13 Å². The summed E-state index contributed by atoms with van der Waals surface area (Å²) in [6.45, 7) is 1.63. The van der Waals surface area contributed by atoms with Gasteiger partial charge in [-0.15, -0.1) is 11.3 Å². The van der Waals surface area contributed by atoms with Gasteiger partial charge >= 0.3 is 0 Å². The Kier molecular flexibility index (Phi) is 6.10. The number of thiazole rings is 1. The van der Waals surface area contributed by atoms with E-state index in [1.54, 1.807) is 30.5 Å². The van der Waals surface area contributed by atoms with Crippen molar-refractivity contribution in [2.75, 3.05) is 21.0 Å². The minimum atomic E-state index is -3.79. The number of nitrogens with zero attached hydrogens (tertiary/aromatic N) is 1. The number of benzene rings is 2. The first kappa shape index (κ1) is 21.7. The highest BCUT2D eigenvalue weighted by Crippen LogP contribution is 2.23. The van der Waals surface area contributed by atoms with Crippen molar-refractivity contribution < 1.29 is 21.6 Å². The van der Waals surface area contributed by atoms with Crippen LogP contribution in [0, 0.1) is 6.92 Å². The second kappa shape index (κ2) is 8.42. The van der Waals surface area contributed by atoms with Crippen molar-refractivity contribution in [3.8, 4) is 0 Å². The van der Waals surface area contributed by atoms with Crippen molar-refractivity contribution >= 4 is 53.8 Å². The zero-order valence-electron chi connectivity index (χ0n) is 15.9. The molecular weight excluding hydrogens is 448 g/mol. The highest BCUT2D eigenvalue weighted by atomic mass is 32.2. The number of hydrogen-bond acceptors (Lipinski definition) is 7. The molecule has 0 bridgehead atoms. The Balaban J connectivity index is 1.76. The lowest BCUT2D eigenvalue weighted by atomic mass is 10.1. The Hall–Kier alpha value is -2.96. The molecule has 12 heteroatoms. The maximum atomic E-state index is 12.6. The van der Waals surface area contributed by atoms with Gasteiger partial charge in [-0.1, -0.05) is 6.07 Å². The SMILES string of the molecule is Cc1c(NS(C)(=O)=O)cccc1C(=O)Nc1ccc(S(=O)(=O)Nc2nccs2)cc1. The number of nitrogens with one attached hydrogen (secondary N) is 3. The second-order valence-corrected chi connectivity index (χ2v) is 10.6. The van der Waals surface area contributed by atoms with Crippen LogP contribution in [0.1, 0.15) is 15.9 Å². The summed E-state index contributed by atoms with van der Waals surface area (Å²) in [5.41, 5.74) is 1.44. The van der Waals surface area contributed by atoms with E-state index in [1.165, 1.54) is 30.5 Å². The predicted octanol–water partition coefficient (Wildman–Crippen LogP) is 2.88. The minimum Gasteiger partial charge on any atom is -0.322 e. The monoisotopic (exact) mass is 466 g/mol. The van der Waals surface area contributed by atoms with E-state index < -0.39 is 26.0 Å². The van der Waals surface area contributed by atoms with Gasteiger partial charge in [-0.3, -0.25) is 14.2 Å². The lowest BCUT2D eigenvalue weighted by molar-refractivity contribution is 0.102. The standard InChI is InChI=1S/C18H18N4O5S3/c1-12-15(4-3-5-16(12)21-29(2,24)25)17(23)20-13-6-8-14(9-7-13)30(26,27)22-18-19-10-11-28-18/h3-11,21H,1-2H3,(H,19,22)(H,20,23). The highest BCUT2D eigenvalue weighted by molar-refractivity contribution is 7.93. The number of anilines is 3. The van der Waals surface area contributed by atoms with Crippen LogP contribution in [-0.2, 0) is 20.0 Å². The first-order valence-electron chi connectivity index (χ1n) is 8.46. The molecule has 9 nitrogen and oxygen atoms in total. The van der Waals surface area contributed by atoms with E-state index in [-0.39, 0.29) is 15.6 Å². The third-order valence-electron chi connectivity index (χ3n) is 3.95. The molecule has 0 unspecified atom stereocenters. The van der Waals surface area contributed by atoms with Gasteiger partial charge in [-0.25, -0.2) is 21.8 Å². The van der Waals surface area contributed by atoms with Crippen LogP contribution in [-0.4, -0.2) is 34.0 Å². The van der Waals surface area contributed by atoms with Crippen LogP contribution in [0.3, 0.4) is 0 Å². The first-order chi connectivity index (χ1) is 14.0. The number of hydrogen-bond donors (Lipinski definition) is 3. The average molecular weight is 467 g/mol. The quantitative estimate of drug-likeness (QED) is 0.490. The number of carbonyl (C=O) groups is 1. The third-order valence-corrected chi connectivity index (χ3v) is 6.71. The average Bonchev–Trinajstić information content (AvgIpc) is 3.15. The van der Waals surface area contributed by atoms with Crippen LogP contribution < -0.4 is 14.8 Å². The number of aromatic nitrogens is 1. The van der Waals surface area contributed by atoms with Gasteiger partial charge in [0, 0.05) is 22.8 Å². The van der Waals surface area contributed by atoms with Gasteiger partial charge in [0.1, 0.15) is 0 Å². The van der Waals surface area contributed by atoms with E-state index in [0.717, 1.165) is 17.6 Å². The molecule has 30 heavy (non-hydrogen) atoms. The molecule has 3 rings (SSSR count). The molecule has 1 aromatic heterocycles. The minimum absolute atomic E-state index is 0.0197. The topological polar surface area (TPSA) is 134 Å². The summed E-state index contributed by atoms with van der Waals surface area (Å²) in [7, 11) is -7.28. The number of sulfonamides is 2. The first-order valence-corrected chi connectivity index (χ1v) is 12.7. The molecule has 0 aliphatic rings. The largest absolute Gasteiger partial charge is 0.322 e. The van der Waals surface area contributed by atoms with Crippen LogP contribution in [0.2, 0.25) is 0 Å². The van der Waals surface area contributed by atoms with Gasteiger partial charge in [-0.2, -0.15) is 0 Å². The van der Waals surface area contributed by atoms with E-state index in [2.05, 4.69) is 19.7 Å². The molecule has 2 aromatic carbocycles. The molecule has 0 atom stereocenters. The van der Waals surface area contributed by atoms with Gasteiger partial charge in [0.05, 0.1) is 16.8 Å². The maximum absolute atomic E-state index is 12.6. The fraction of sp³-hybridized carbons (Fsp3) is 0.111. The molecule has 0 radical (unpaired) electrons. The molecule has 1 heterocycles. The second-order valence-electron chi connectivity index (χ2n) is 6.27. The summed E-state index contributed by atoms with van der Waals surface area (Å²) in [5, 5.41) is 4.58. The molecule has 0 aliphatic carbocycles. The van der Waals surface area contributed by atoms with Gasteiger partial charge < -0.3 is 5.32 Å². The zero-order chi connectivity index (χ0) is 21.9. The van der Waals surface area contributed by atoms with Gasteiger partial charge in [0.2, 0.25) is 10.0 Å². The van der Waals surface area contributed by atoms with Crippen molar-refractivity contribution in [1.82, 2.24) is 4.98 Å². The summed E-state index contributed by atoms with van der Waals surface area (Å²) in [6.07, 6.45) is 2.52. The van der Waals surface area contributed by atoms with Crippen molar-refractivity contribution in [3.05, 3.63) is 65.2 Å². The molecular formula is C18H18N4O5S3. The van der Waals surface area contributed by atoms with Gasteiger partial charge in [0.25, 0.3) is 15.9 Å². The summed E-state index contributed by atoms with van der Waals surface area (Å²) in [4.78, 5) is 16.5. The third kappa shape index (κ3) is 5.34. The Morgan fingerprint density at radius 3 is 2.30 bits per heavy atom. The summed E-state index contributed by atoms with van der Waals surface area (Å²) >= 11 is 1.16. The lowest BCUT2D eigenvalue weighted by Gasteiger charge is -2.13. The van der Waals surface area contributed by atoms with Crippen molar-refractivity contribution in [1.29, 1.82) is 0 Å². The van der Waals surface area contributed by atoms with Crippen LogP contribution >= 0.6 is 11.3 Å². The Morgan fingerprint density at radius 1 is 1.00 bits per heavy atom. The zero-order valence-corrected chi connectivity index (χ0v) is 18.4. The van der Waals surface area contributed by atoms with Crippen LogP contribution in [0.15, 0.2) is 58.9 Å². The molecule has 0 spiro atoms. The van der Waals surface area contributed by atoms with Crippen LogP contribution in [0.5, 0.6) is 0 Å². The smallest absolute Gasteiger partial charge is 0.263 e. The maximum Gasteiger partial charge on any atom is 0.263 e.